The maximum Gasteiger partial charge on any atom is 0.325 e. The largest absolute Gasteiger partial charge is 0.508 e. The van der Waals surface area contributed by atoms with Gasteiger partial charge >= 0.3 is 6.03 Å². The number of aliphatic hydroxyl groups excluding tert-OH is 6. The number of likely N-dealkylation sites (N-methyl/N-ethyl adjacent to an activating group) is 1. The molecule has 17 rings (SSSR count). The highest BCUT2D eigenvalue weighted by Gasteiger charge is 2.53. The fourth-order valence-corrected chi connectivity index (χ4v) is 18.7. The number of imide groups is 1. The van der Waals surface area contributed by atoms with Crippen LogP contribution in [-0.2, 0) is 57.4 Å². The second-order valence-electron chi connectivity index (χ2n) is 34.6. The molecule has 6 aromatic carbocycles. The molecule has 7 aliphatic heterocycles. The maximum absolute atomic E-state index is 16.7. The number of hydrogen-bond acceptors (Lipinski definition) is 28. The molecular weight excluding hydrogens is 1680 g/mol. The van der Waals surface area contributed by atoms with Gasteiger partial charge in [0.1, 0.15) is 108 Å². The number of aliphatic hydroxyl groups is 6. The molecule has 4 saturated carbocycles. The summed E-state index contributed by atoms with van der Waals surface area (Å²) in [4.78, 5) is 150. The molecule has 4 aliphatic carbocycles. The number of halogens is 1. The monoisotopic (exact) mass is 1780 g/mol. The Morgan fingerprint density at radius 1 is 0.685 bits per heavy atom. The predicted molar refractivity (Wildman–Crippen MR) is 449 cm³/mol. The highest BCUT2D eigenvalue weighted by atomic mass is 35.5. The molecule has 11 aliphatic rings. The van der Waals surface area contributed by atoms with Gasteiger partial charge in [0.15, 0.2) is 23.9 Å². The summed E-state index contributed by atoms with van der Waals surface area (Å²) in [5.41, 5.74) is 3.29. The van der Waals surface area contributed by atoms with Crippen LogP contribution in [0.2, 0.25) is 5.02 Å². The van der Waals surface area contributed by atoms with Crippen LogP contribution in [0.15, 0.2) is 103 Å². The minimum atomic E-state index is -2.41. The van der Waals surface area contributed by atoms with Crippen LogP contribution < -0.4 is 83.2 Å². The molecule has 11 amide bonds. The second kappa shape index (κ2) is 38.2. The van der Waals surface area contributed by atoms with E-state index >= 15 is 28.8 Å². The van der Waals surface area contributed by atoms with Gasteiger partial charge in [-0.05, 0) is 208 Å². The lowest BCUT2D eigenvalue weighted by atomic mass is 9.54. The lowest BCUT2D eigenvalue weighted by Gasteiger charge is -2.54. The first-order valence-corrected chi connectivity index (χ1v) is 42.4. The number of phenolic OH excluding ortho intramolecular Hbond substituents is 3. The Labute approximate surface area is 733 Å². The van der Waals surface area contributed by atoms with Crippen LogP contribution in [0.1, 0.15) is 150 Å². The highest BCUT2D eigenvalue weighted by molar-refractivity contribution is 6.32. The number of carbonyl (C=O) groups excluding carboxylic acids is 10. The van der Waals surface area contributed by atoms with Crippen LogP contribution in [0.3, 0.4) is 0 Å². The molecule has 0 radical (unpaired) electrons. The molecule has 127 heavy (non-hydrogen) atoms. The quantitative estimate of drug-likeness (QED) is 0.0518. The molecule has 22 N–H and O–H groups in total. The zero-order valence-corrected chi connectivity index (χ0v) is 71.0. The van der Waals surface area contributed by atoms with E-state index in [1.807, 2.05) is 13.8 Å². The molecule has 0 unspecified atom stereocenters. The third-order valence-corrected chi connectivity index (χ3v) is 25.0. The van der Waals surface area contributed by atoms with Crippen molar-refractivity contribution in [1.82, 2.24) is 53.2 Å². The van der Waals surface area contributed by atoms with Crippen molar-refractivity contribution < 1.29 is 127 Å². The Bertz CT molecular complexity index is 5190. The van der Waals surface area contributed by atoms with Crippen molar-refractivity contribution >= 4 is 76.5 Å². The number of anilines is 1. The Hall–Kier alpha value is -11.5. The average molecular weight is 1780 g/mol. The van der Waals surface area contributed by atoms with Gasteiger partial charge in [0.05, 0.1) is 42.8 Å². The Balaban J connectivity index is 0.947. The van der Waals surface area contributed by atoms with E-state index in [0.717, 1.165) is 80.6 Å². The Morgan fingerprint density at radius 3 is 1.98 bits per heavy atom. The number of fused-ring (bicyclic) bond motifs is 15. The fraction of sp³-hybridized carbons (Fsp3) is 0.477. The molecule has 0 aromatic heterocycles. The number of benzene rings is 6. The lowest BCUT2D eigenvalue weighted by molar-refractivity contribution is -0.333. The third kappa shape index (κ3) is 20.2. The molecule has 38 nitrogen and oxygen atoms in total. The summed E-state index contributed by atoms with van der Waals surface area (Å²) in [6.45, 7) is 8.79. The number of rotatable bonds is 19. The van der Waals surface area contributed by atoms with Gasteiger partial charge < -0.3 is 138 Å². The minimum Gasteiger partial charge on any atom is -0.508 e. The summed E-state index contributed by atoms with van der Waals surface area (Å²) in [6.07, 6.45) is -14.5. The van der Waals surface area contributed by atoms with E-state index in [1.54, 1.807) is 0 Å². The third-order valence-electron chi connectivity index (χ3n) is 24.7. The number of aryl methyl sites for hydroxylation is 1. The van der Waals surface area contributed by atoms with Crippen LogP contribution in [0.25, 0.3) is 11.1 Å². The van der Waals surface area contributed by atoms with Crippen molar-refractivity contribution in [3.63, 3.8) is 0 Å². The van der Waals surface area contributed by atoms with Crippen LogP contribution in [0.5, 0.6) is 51.7 Å². The molecule has 2 saturated heterocycles. The van der Waals surface area contributed by atoms with Gasteiger partial charge in [0.25, 0.3) is 0 Å². The summed E-state index contributed by atoms with van der Waals surface area (Å²) >= 11 is 7.30. The van der Waals surface area contributed by atoms with E-state index in [-0.39, 0.29) is 106 Å². The topological polar surface area (TPSA) is 576 Å². The van der Waals surface area contributed by atoms with Gasteiger partial charge in [0, 0.05) is 47.8 Å². The van der Waals surface area contributed by atoms with Crippen molar-refractivity contribution in [3.8, 4) is 62.9 Å². The van der Waals surface area contributed by atoms with Crippen molar-refractivity contribution in [1.29, 1.82) is 0 Å². The van der Waals surface area contributed by atoms with E-state index in [9.17, 15) is 65.1 Å². The molecule has 0 spiro atoms. The zero-order valence-electron chi connectivity index (χ0n) is 70.3. The second-order valence-corrected chi connectivity index (χ2v) is 35.0. The number of phenols is 3. The van der Waals surface area contributed by atoms with Gasteiger partial charge in [-0.2, -0.15) is 0 Å². The zero-order chi connectivity index (χ0) is 91.0. The molecule has 15 bridgehead atoms. The summed E-state index contributed by atoms with van der Waals surface area (Å²) in [7, 11) is 1.48. The van der Waals surface area contributed by atoms with Crippen LogP contribution in [0, 0.1) is 36.5 Å². The predicted octanol–water partition coefficient (Wildman–Crippen LogP) is 3.00. The van der Waals surface area contributed by atoms with Gasteiger partial charge in [-0.15, -0.1) is 0 Å². The summed E-state index contributed by atoms with van der Waals surface area (Å²) in [5, 5.41) is 136. The van der Waals surface area contributed by atoms with Crippen LogP contribution in [0.4, 0.5) is 10.5 Å². The molecule has 7 heterocycles. The van der Waals surface area contributed by atoms with E-state index in [2.05, 4.69) is 58.5 Å². The van der Waals surface area contributed by atoms with Gasteiger partial charge in [-0.3, -0.25) is 48.5 Å². The molecule has 680 valence electrons. The first kappa shape index (κ1) is 91.7. The Morgan fingerprint density at radius 2 is 1.33 bits per heavy atom. The van der Waals surface area contributed by atoms with Crippen molar-refractivity contribution in [2.75, 3.05) is 32.1 Å². The van der Waals surface area contributed by atoms with E-state index in [4.69, 9.17) is 50.5 Å². The number of carbonyl (C=O) groups is 10. The molecule has 18 atom stereocenters. The first-order valence-electron chi connectivity index (χ1n) is 42.0. The number of aromatic hydroxyl groups is 3. The number of urea groups is 1. The van der Waals surface area contributed by atoms with E-state index in [1.165, 1.54) is 89.3 Å². The Kier molecular flexibility index (Phi) is 27.6. The normalized spacial score (nSPS) is 30.0. The summed E-state index contributed by atoms with van der Waals surface area (Å²) in [6, 6.07) is 4.93. The molecular formula is C88H105ClN12O26. The van der Waals surface area contributed by atoms with Crippen molar-refractivity contribution in [2.24, 2.45) is 35.3 Å². The lowest BCUT2D eigenvalue weighted by Crippen LogP contribution is -2.64. The standard InChI is InChI=1S/C88H105ClN12O26/c1-36(2)20-54(91-7)79(113)100-70-72(108)43-9-16-58(37(3)21-43)123-60-29-47-30-61(76(60)127-86-77(75(111)74(110)62(35-102)125-86)126-64-34-88(6,90)78(112)38(4)122-64)124-59-17-10-44(28-53(59)89)73(109)71-85(119)99-69(83(117)96-66-45-23-40-22-41(25-45)26-46(66)24-40)52-31-49(104)32-57(106)65(52)51-27-42(8-15-56(51)105)67(81(115)101-71)98-82(116)68(47)97-80(114)55(94-84(70)118)33-63(107)95-87(120)93-48-11-13-50(14-12-48)121-19-18-92-39(5)103/h8-17,21,27-32,36,38,40-41,45-46,54-55,62,64,66-75,77-78,86,91,102,104-106,108-112H,18-20,22-26,33-35,90H2,1-7H3,(H,92,103)(H,94,118)(H,96,117)(H,97,114)(H,98,116)(H,99,119)(H,100,113)(H,101,115)(H2,93,95,107,120)/t38-,40?,41?,45?,46?,54+,55-,62+,64-,66?,67+,68+,69-,70+,71-,72+,73+,74+,75-,77+,78+,86-,88-/m0/s1. The van der Waals surface area contributed by atoms with Gasteiger partial charge in [-0.25, -0.2) is 4.79 Å². The van der Waals surface area contributed by atoms with E-state index < -0.39 is 227 Å². The smallest absolute Gasteiger partial charge is 0.325 e. The highest BCUT2D eigenvalue weighted by Crippen LogP contribution is 2.55. The molecule has 39 heteroatoms. The minimum absolute atomic E-state index is 0.0514. The van der Waals surface area contributed by atoms with Crippen molar-refractivity contribution in [3.05, 3.63) is 142 Å². The van der Waals surface area contributed by atoms with Crippen molar-refractivity contribution in [2.45, 2.75) is 208 Å². The average Bonchev–Trinajstić information content (AvgIpc) is 0.757. The number of ether oxygens (including phenoxy) is 7. The molecule has 6 aromatic rings. The summed E-state index contributed by atoms with van der Waals surface area (Å²) in [5.74, 6) is -13.3. The maximum atomic E-state index is 16.7. The molecule has 6 fully saturated rings. The number of nitrogens with two attached hydrogens (primary N) is 1. The number of nitrogens with one attached hydrogen (secondary N) is 11. The number of hydrogen-bond donors (Lipinski definition) is 21. The van der Waals surface area contributed by atoms with Gasteiger partial charge in [-0.1, -0.05) is 43.6 Å². The van der Waals surface area contributed by atoms with Crippen LogP contribution in [-0.4, -0.2) is 217 Å². The summed E-state index contributed by atoms with van der Waals surface area (Å²) < 4.78 is 45.0. The SMILES string of the molecule is CN[C@H](CC(C)C)C(=O)N[C@H]1C(=O)N[C@@H](CC(=O)NC(=O)Nc2ccc(OCCNC(C)=O)cc2)C(=O)N[C@H]2C(=O)N[C@H]3C(=O)N[C@H](C(=O)N[C@H](C(=O)NC4C5CC6CC(C5)CC4C6)c4cc(O)cc(O)c4-c4cc3ccc4O)[C@H](O)c3ccc(c(Cl)c3)Oc3cc2cc(c3O[C@@H]2O[C@H](CO)[C@@H](O)[C@H](O)[C@H]2O[C@H]2C[C@](C)(N)[C@H](O)[C@H](C)O2)Oc2ccc(cc2C)[C@H]1O. The number of amides is 11. The van der Waals surface area contributed by atoms with E-state index in [0.29, 0.717) is 17.6 Å². The fourth-order valence-electron chi connectivity index (χ4n) is 18.5. The first-order chi connectivity index (χ1) is 60.4. The van der Waals surface area contributed by atoms with Crippen LogP contribution >= 0.6 is 11.6 Å². The van der Waals surface area contributed by atoms with Gasteiger partial charge in [0.2, 0.25) is 65.2 Å².